The van der Waals surface area contributed by atoms with Crippen LogP contribution in [0.25, 0.3) is 0 Å². The molecular weight excluding hydrogens is 204 g/mol. The molecule has 15 heavy (non-hydrogen) atoms. The van der Waals surface area contributed by atoms with Crippen LogP contribution in [0.1, 0.15) is 24.9 Å². The van der Waals surface area contributed by atoms with Gasteiger partial charge < -0.3 is 10.6 Å². The highest BCUT2D eigenvalue weighted by Crippen LogP contribution is 2.18. The summed E-state index contributed by atoms with van der Waals surface area (Å²) in [5.74, 6) is 0. The zero-order chi connectivity index (χ0) is 10.7. The summed E-state index contributed by atoms with van der Waals surface area (Å²) in [5.41, 5.74) is 2.43. The maximum atomic E-state index is 5.16. The Kier molecular flexibility index (Phi) is 3.02. The van der Waals surface area contributed by atoms with Crippen molar-refractivity contribution in [1.82, 2.24) is 10.6 Å². The van der Waals surface area contributed by atoms with Crippen LogP contribution in [0.15, 0.2) is 42.1 Å². The predicted molar refractivity (Wildman–Crippen MR) is 66.4 cm³/mol. The van der Waals surface area contributed by atoms with Crippen LogP contribution >= 0.6 is 12.2 Å². The van der Waals surface area contributed by atoms with E-state index in [-0.39, 0.29) is 6.04 Å². The van der Waals surface area contributed by atoms with E-state index in [1.165, 1.54) is 11.3 Å². The minimum Gasteiger partial charge on any atom is -0.352 e. The van der Waals surface area contributed by atoms with Crippen molar-refractivity contribution in [2.24, 2.45) is 0 Å². The Morgan fingerprint density at radius 1 is 1.27 bits per heavy atom. The first-order valence-corrected chi connectivity index (χ1v) is 5.53. The van der Waals surface area contributed by atoms with Crippen LogP contribution in [0.4, 0.5) is 0 Å². The Hall–Kier alpha value is -1.35. The molecule has 2 N–H and O–H groups in total. The third-order valence-electron chi connectivity index (χ3n) is 2.47. The van der Waals surface area contributed by atoms with Crippen LogP contribution in [0.5, 0.6) is 0 Å². The van der Waals surface area contributed by atoms with E-state index in [9.17, 15) is 0 Å². The van der Waals surface area contributed by atoms with Crippen molar-refractivity contribution in [3.8, 4) is 0 Å². The van der Waals surface area contributed by atoms with E-state index in [1.807, 2.05) is 18.2 Å². The predicted octanol–water partition coefficient (Wildman–Crippen LogP) is 2.50. The normalized spacial score (nSPS) is 20.2. The van der Waals surface area contributed by atoms with Gasteiger partial charge in [-0.25, -0.2) is 0 Å². The minimum atomic E-state index is 0.204. The number of rotatable bonds is 2. The number of hydrogen-bond acceptors (Lipinski definition) is 1. The molecule has 1 heterocycles. The molecule has 0 saturated carbocycles. The Labute approximate surface area is 95.4 Å². The zero-order valence-electron chi connectivity index (χ0n) is 8.66. The molecule has 1 unspecified atom stereocenters. The summed E-state index contributed by atoms with van der Waals surface area (Å²) in [7, 11) is 0. The first-order chi connectivity index (χ1) is 7.29. The molecule has 0 spiro atoms. The van der Waals surface area contributed by atoms with Gasteiger partial charge in [0.15, 0.2) is 5.11 Å². The van der Waals surface area contributed by atoms with Crippen molar-refractivity contribution in [3.63, 3.8) is 0 Å². The van der Waals surface area contributed by atoms with Gasteiger partial charge in [0.05, 0.1) is 6.04 Å². The smallest absolute Gasteiger partial charge is 0.171 e. The van der Waals surface area contributed by atoms with Gasteiger partial charge in [0, 0.05) is 5.70 Å². The number of nitrogens with one attached hydrogen (secondary N) is 2. The van der Waals surface area contributed by atoms with Crippen molar-refractivity contribution in [2.75, 3.05) is 0 Å². The summed E-state index contributed by atoms with van der Waals surface area (Å²) >= 11 is 5.16. The van der Waals surface area contributed by atoms with Gasteiger partial charge in [0.2, 0.25) is 0 Å². The molecule has 0 radical (unpaired) electrons. The lowest BCUT2D eigenvalue weighted by molar-refractivity contribution is 0.724. The van der Waals surface area contributed by atoms with Crippen molar-refractivity contribution < 1.29 is 0 Å². The number of hydrogen-bond donors (Lipinski definition) is 2. The molecule has 1 atom stereocenters. The third kappa shape index (κ3) is 2.36. The fourth-order valence-electron chi connectivity index (χ4n) is 1.65. The highest BCUT2D eigenvalue weighted by Gasteiger charge is 2.15. The van der Waals surface area contributed by atoms with Crippen molar-refractivity contribution >= 4 is 17.3 Å². The maximum absolute atomic E-state index is 5.16. The van der Waals surface area contributed by atoms with Gasteiger partial charge in [-0.05, 0) is 30.3 Å². The SMILES string of the molecule is CCC1=CC(c2ccccc2)NC(=S)N1. The molecule has 1 aromatic rings. The van der Waals surface area contributed by atoms with Crippen LogP contribution in [0.2, 0.25) is 0 Å². The lowest BCUT2D eigenvalue weighted by atomic mass is 10.0. The van der Waals surface area contributed by atoms with Crippen LogP contribution in [0.3, 0.4) is 0 Å². The highest BCUT2D eigenvalue weighted by atomic mass is 32.1. The Morgan fingerprint density at radius 2 is 2.00 bits per heavy atom. The van der Waals surface area contributed by atoms with E-state index in [0.29, 0.717) is 5.11 Å². The minimum absolute atomic E-state index is 0.204. The quantitative estimate of drug-likeness (QED) is 0.746. The monoisotopic (exact) mass is 218 g/mol. The molecule has 2 nitrogen and oxygen atoms in total. The van der Waals surface area contributed by atoms with Gasteiger partial charge in [-0.2, -0.15) is 0 Å². The van der Waals surface area contributed by atoms with Crippen molar-refractivity contribution in [3.05, 3.63) is 47.7 Å². The molecular formula is C12H14N2S. The largest absolute Gasteiger partial charge is 0.352 e. The fourth-order valence-corrected chi connectivity index (χ4v) is 1.91. The number of allylic oxidation sites excluding steroid dienone is 1. The lowest BCUT2D eigenvalue weighted by Crippen LogP contribution is -2.41. The summed E-state index contributed by atoms with van der Waals surface area (Å²) in [5, 5.41) is 7.10. The van der Waals surface area contributed by atoms with Gasteiger partial charge in [-0.15, -0.1) is 0 Å². The zero-order valence-corrected chi connectivity index (χ0v) is 9.47. The molecule has 0 aliphatic carbocycles. The van der Waals surface area contributed by atoms with Crippen LogP contribution < -0.4 is 10.6 Å². The molecule has 1 aliphatic heterocycles. The molecule has 0 fully saturated rings. The molecule has 0 saturated heterocycles. The van der Waals surface area contributed by atoms with E-state index in [1.54, 1.807) is 0 Å². The molecule has 2 rings (SSSR count). The second kappa shape index (κ2) is 4.45. The fraction of sp³-hybridized carbons (Fsp3) is 0.250. The Balaban J connectivity index is 2.26. The summed E-state index contributed by atoms with van der Waals surface area (Å²) < 4.78 is 0. The van der Waals surface area contributed by atoms with Gasteiger partial charge in [-0.1, -0.05) is 37.3 Å². The average molecular weight is 218 g/mol. The van der Waals surface area contributed by atoms with Gasteiger partial charge in [-0.3, -0.25) is 0 Å². The number of benzene rings is 1. The molecule has 0 aromatic heterocycles. The first kappa shape index (κ1) is 10.2. The Bertz CT molecular complexity index is 384. The topological polar surface area (TPSA) is 24.1 Å². The van der Waals surface area contributed by atoms with Crippen molar-refractivity contribution in [1.29, 1.82) is 0 Å². The summed E-state index contributed by atoms with van der Waals surface area (Å²) in [6.07, 6.45) is 3.16. The van der Waals surface area contributed by atoms with E-state index in [0.717, 1.165) is 6.42 Å². The molecule has 3 heteroatoms. The average Bonchev–Trinajstić information content (AvgIpc) is 2.29. The molecule has 78 valence electrons. The summed E-state index contributed by atoms with van der Waals surface area (Å²) in [6.45, 7) is 2.12. The van der Waals surface area contributed by atoms with E-state index >= 15 is 0 Å². The van der Waals surface area contributed by atoms with Crippen molar-refractivity contribution in [2.45, 2.75) is 19.4 Å². The van der Waals surface area contributed by atoms with Crippen LogP contribution in [-0.2, 0) is 0 Å². The van der Waals surface area contributed by atoms with Crippen LogP contribution in [0, 0.1) is 0 Å². The lowest BCUT2D eigenvalue weighted by Gasteiger charge is -2.25. The van der Waals surface area contributed by atoms with Gasteiger partial charge in [0.25, 0.3) is 0 Å². The first-order valence-electron chi connectivity index (χ1n) is 5.12. The second-order valence-corrected chi connectivity index (χ2v) is 3.94. The molecule has 0 bridgehead atoms. The van der Waals surface area contributed by atoms with Gasteiger partial charge >= 0.3 is 0 Å². The molecule has 1 aromatic carbocycles. The van der Waals surface area contributed by atoms with Gasteiger partial charge in [0.1, 0.15) is 0 Å². The summed E-state index contributed by atoms with van der Waals surface area (Å²) in [6, 6.07) is 10.5. The summed E-state index contributed by atoms with van der Waals surface area (Å²) in [4.78, 5) is 0. The molecule has 0 amide bonds. The van der Waals surface area contributed by atoms with E-state index < -0.39 is 0 Å². The van der Waals surface area contributed by atoms with E-state index in [4.69, 9.17) is 12.2 Å². The third-order valence-corrected chi connectivity index (χ3v) is 2.69. The molecule has 1 aliphatic rings. The number of thiocarbonyl (C=S) groups is 1. The highest BCUT2D eigenvalue weighted by molar-refractivity contribution is 7.80. The van der Waals surface area contributed by atoms with Crippen LogP contribution in [-0.4, -0.2) is 5.11 Å². The maximum Gasteiger partial charge on any atom is 0.171 e. The Morgan fingerprint density at radius 3 is 2.67 bits per heavy atom. The second-order valence-electron chi connectivity index (χ2n) is 3.53. The van der Waals surface area contributed by atoms with E-state index in [2.05, 4.69) is 35.8 Å². The standard InChI is InChI=1S/C12H14N2S/c1-2-10-8-11(14-12(15)13-10)9-6-4-3-5-7-9/h3-8,11H,2H2,1H3,(H2,13,14,15).